The van der Waals surface area contributed by atoms with Crippen molar-refractivity contribution in [1.82, 2.24) is 20.1 Å². The molecule has 2 saturated heterocycles. The number of piperidine rings is 1. The van der Waals surface area contributed by atoms with Crippen LogP contribution in [-0.2, 0) is 10.4 Å². The Balaban J connectivity index is 1.41. The first kappa shape index (κ1) is 24.8. The molecule has 4 heterocycles. The maximum atomic E-state index is 14.0. The number of carbonyl (C=O) groups is 1. The van der Waals surface area contributed by atoms with E-state index in [9.17, 15) is 14.3 Å². The molecular weight excluding hydrogens is 471 g/mol. The zero-order valence-corrected chi connectivity index (χ0v) is 20.8. The lowest BCUT2D eigenvalue weighted by molar-refractivity contribution is -0.152. The van der Waals surface area contributed by atoms with Gasteiger partial charge in [0.25, 0.3) is 0 Å². The third-order valence-corrected chi connectivity index (χ3v) is 7.90. The third kappa shape index (κ3) is 4.53. The molecule has 0 saturated carbocycles. The van der Waals surface area contributed by atoms with Gasteiger partial charge in [0.05, 0.1) is 17.7 Å². The van der Waals surface area contributed by atoms with Crippen LogP contribution in [0.15, 0.2) is 60.8 Å². The number of amides is 1. The highest BCUT2D eigenvalue weighted by atomic mass is 19.1. The topological polar surface area (TPSA) is 106 Å². The summed E-state index contributed by atoms with van der Waals surface area (Å²) in [6.45, 7) is 5.66. The van der Waals surface area contributed by atoms with Gasteiger partial charge in [0.2, 0.25) is 5.91 Å². The summed E-state index contributed by atoms with van der Waals surface area (Å²) < 4.78 is 13.6. The van der Waals surface area contributed by atoms with Crippen molar-refractivity contribution >= 4 is 11.7 Å². The second-order valence-electron chi connectivity index (χ2n) is 10.1. The summed E-state index contributed by atoms with van der Waals surface area (Å²) in [5, 5.41) is 28.9. The average Bonchev–Trinajstić information content (AvgIpc) is 3.37. The molecule has 3 aromatic rings. The Morgan fingerprint density at radius 3 is 2.35 bits per heavy atom. The van der Waals surface area contributed by atoms with Gasteiger partial charge in [0.15, 0.2) is 11.5 Å². The van der Waals surface area contributed by atoms with Crippen LogP contribution in [0.2, 0.25) is 0 Å². The van der Waals surface area contributed by atoms with Gasteiger partial charge in [-0.05, 0) is 29.8 Å². The summed E-state index contributed by atoms with van der Waals surface area (Å²) in [6, 6.07) is 17.9. The highest BCUT2D eigenvalue weighted by Crippen LogP contribution is 2.43. The fraction of sp³-hybridized carbons (Fsp3) is 0.393. The number of carbonyl (C=O) groups excluding carboxylic acids is 1. The summed E-state index contributed by atoms with van der Waals surface area (Å²) >= 11 is 0. The normalized spacial score (nSPS) is 27.6. The smallest absolute Gasteiger partial charge is 0.228 e. The second kappa shape index (κ2) is 9.87. The third-order valence-electron chi connectivity index (χ3n) is 7.90. The summed E-state index contributed by atoms with van der Waals surface area (Å²) in [7, 11) is 0. The summed E-state index contributed by atoms with van der Waals surface area (Å²) in [6.07, 6.45) is 1.17. The fourth-order valence-corrected chi connectivity index (χ4v) is 5.89. The number of aromatic nitrogens is 3. The number of rotatable bonds is 4. The zero-order valence-electron chi connectivity index (χ0n) is 20.8. The van der Waals surface area contributed by atoms with Gasteiger partial charge in [-0.25, -0.2) is 4.39 Å². The number of hydrogen-bond donors (Lipinski definition) is 1. The highest BCUT2D eigenvalue weighted by molar-refractivity contribution is 5.81. The predicted molar refractivity (Wildman–Crippen MR) is 135 cm³/mol. The van der Waals surface area contributed by atoms with Gasteiger partial charge in [-0.1, -0.05) is 44.2 Å². The lowest BCUT2D eigenvalue weighted by Crippen LogP contribution is -2.57. The van der Waals surface area contributed by atoms with E-state index in [-0.39, 0.29) is 29.4 Å². The lowest BCUT2D eigenvalue weighted by atomic mass is 9.70. The van der Waals surface area contributed by atoms with Crippen molar-refractivity contribution in [2.75, 3.05) is 31.1 Å². The minimum absolute atomic E-state index is 0.0194. The SMILES string of the molecule is C[C@@H]1CN(C(=O)[C@H]2CN(c3ccc(C#N)nn3)C[C@H]2c2ccc(F)cn2)C[C@H](C)C1(O)c1ccccc1. The molecule has 0 spiro atoms. The molecule has 1 aromatic carbocycles. The monoisotopic (exact) mass is 500 g/mol. The molecule has 2 aliphatic rings. The first-order chi connectivity index (χ1) is 17.8. The minimum Gasteiger partial charge on any atom is -0.384 e. The molecule has 2 fully saturated rings. The zero-order chi connectivity index (χ0) is 26.2. The van der Waals surface area contributed by atoms with E-state index in [4.69, 9.17) is 5.26 Å². The van der Waals surface area contributed by atoms with Crippen LogP contribution in [0.3, 0.4) is 0 Å². The van der Waals surface area contributed by atoms with Crippen LogP contribution in [0.25, 0.3) is 0 Å². The first-order valence-corrected chi connectivity index (χ1v) is 12.5. The molecule has 8 nitrogen and oxygen atoms in total. The second-order valence-corrected chi connectivity index (χ2v) is 10.1. The van der Waals surface area contributed by atoms with Crippen molar-refractivity contribution in [2.45, 2.75) is 25.4 Å². The Morgan fingerprint density at radius 1 is 1.03 bits per heavy atom. The Kier molecular flexibility index (Phi) is 6.61. The van der Waals surface area contributed by atoms with Crippen molar-refractivity contribution in [3.63, 3.8) is 0 Å². The van der Waals surface area contributed by atoms with Gasteiger partial charge in [-0.3, -0.25) is 9.78 Å². The van der Waals surface area contributed by atoms with E-state index in [1.807, 2.05) is 60.0 Å². The van der Waals surface area contributed by atoms with Crippen molar-refractivity contribution < 1.29 is 14.3 Å². The molecular formula is C28H29FN6O2. The number of nitriles is 1. The van der Waals surface area contributed by atoms with Crippen molar-refractivity contribution in [3.05, 3.63) is 83.6 Å². The predicted octanol–water partition coefficient (Wildman–Crippen LogP) is 3.10. The van der Waals surface area contributed by atoms with Crippen LogP contribution in [0.1, 0.15) is 36.7 Å². The van der Waals surface area contributed by atoms with Crippen LogP contribution in [-0.4, -0.2) is 57.3 Å². The summed E-state index contributed by atoms with van der Waals surface area (Å²) in [5.41, 5.74) is 0.689. The number of anilines is 1. The molecule has 0 bridgehead atoms. The summed E-state index contributed by atoms with van der Waals surface area (Å²) in [5.74, 6) is -0.935. The molecule has 5 rings (SSSR count). The van der Waals surface area contributed by atoms with Crippen molar-refractivity contribution in [2.24, 2.45) is 17.8 Å². The van der Waals surface area contributed by atoms with Crippen LogP contribution >= 0.6 is 0 Å². The van der Waals surface area contributed by atoms with Gasteiger partial charge in [-0.2, -0.15) is 5.26 Å². The molecule has 0 aliphatic carbocycles. The van der Waals surface area contributed by atoms with Crippen LogP contribution < -0.4 is 4.90 Å². The number of aliphatic hydroxyl groups is 1. The average molecular weight is 501 g/mol. The van der Waals surface area contributed by atoms with Gasteiger partial charge < -0.3 is 14.9 Å². The van der Waals surface area contributed by atoms with E-state index in [1.54, 1.807) is 18.2 Å². The van der Waals surface area contributed by atoms with Crippen LogP contribution in [0.4, 0.5) is 10.2 Å². The largest absolute Gasteiger partial charge is 0.384 e. The number of likely N-dealkylation sites (tertiary alicyclic amines) is 1. The summed E-state index contributed by atoms with van der Waals surface area (Å²) in [4.78, 5) is 22.1. The standard InChI is InChI=1S/C28H29FN6O2/c1-18-14-35(15-19(2)28(18,37)20-6-4-3-5-7-20)27(36)24-17-34(26-11-9-22(12-30)32-33-26)16-23(24)25-10-8-21(29)13-31-25/h3-11,13,18-19,23-24,37H,14-17H2,1-2H3/t18-,19+,23-,24+,28?/m1/s1. The fourth-order valence-electron chi connectivity index (χ4n) is 5.89. The molecule has 2 aliphatic heterocycles. The van der Waals surface area contributed by atoms with E-state index in [0.29, 0.717) is 37.7 Å². The van der Waals surface area contributed by atoms with Crippen LogP contribution in [0, 0.1) is 34.9 Å². The Hall–Kier alpha value is -3.90. The Bertz CT molecular complexity index is 1280. The van der Waals surface area contributed by atoms with E-state index >= 15 is 0 Å². The molecule has 0 radical (unpaired) electrons. The molecule has 1 unspecified atom stereocenters. The molecule has 2 aromatic heterocycles. The molecule has 1 amide bonds. The van der Waals surface area contributed by atoms with Crippen molar-refractivity contribution in [1.29, 1.82) is 5.26 Å². The van der Waals surface area contributed by atoms with Gasteiger partial charge in [0.1, 0.15) is 11.9 Å². The van der Waals surface area contributed by atoms with Gasteiger partial charge in [-0.15, -0.1) is 10.2 Å². The molecule has 5 atom stereocenters. The molecule has 190 valence electrons. The maximum absolute atomic E-state index is 14.0. The number of hydrogen-bond acceptors (Lipinski definition) is 7. The molecule has 37 heavy (non-hydrogen) atoms. The minimum atomic E-state index is -1.03. The molecule has 1 N–H and O–H groups in total. The van der Waals surface area contributed by atoms with E-state index in [0.717, 1.165) is 5.56 Å². The van der Waals surface area contributed by atoms with E-state index < -0.39 is 17.3 Å². The molecule has 9 heteroatoms. The van der Waals surface area contributed by atoms with Gasteiger partial charge >= 0.3 is 0 Å². The first-order valence-electron chi connectivity index (χ1n) is 12.5. The lowest BCUT2D eigenvalue weighted by Gasteiger charge is -2.48. The Morgan fingerprint density at radius 2 is 1.76 bits per heavy atom. The van der Waals surface area contributed by atoms with E-state index in [1.165, 1.54) is 12.3 Å². The highest BCUT2D eigenvalue weighted by Gasteiger charge is 2.49. The number of pyridine rings is 1. The van der Waals surface area contributed by atoms with Gasteiger partial charge in [0, 0.05) is 49.6 Å². The maximum Gasteiger partial charge on any atom is 0.228 e. The van der Waals surface area contributed by atoms with Crippen molar-refractivity contribution in [3.8, 4) is 6.07 Å². The number of halogens is 1. The number of nitrogens with zero attached hydrogens (tertiary/aromatic N) is 6. The number of benzene rings is 1. The Labute approximate surface area is 215 Å². The quantitative estimate of drug-likeness (QED) is 0.587. The van der Waals surface area contributed by atoms with Crippen LogP contribution in [0.5, 0.6) is 0 Å². The van der Waals surface area contributed by atoms with E-state index in [2.05, 4.69) is 15.2 Å².